The van der Waals surface area contributed by atoms with Gasteiger partial charge in [0.2, 0.25) is 0 Å². The van der Waals surface area contributed by atoms with E-state index in [4.69, 9.17) is 16.0 Å². The molecule has 24 heavy (non-hydrogen) atoms. The van der Waals surface area contributed by atoms with Crippen LogP contribution >= 0.6 is 11.6 Å². The minimum absolute atomic E-state index is 0.00835. The number of amides is 1. The summed E-state index contributed by atoms with van der Waals surface area (Å²) in [5.41, 5.74) is 2.73. The molecular formula is C19H15ClN2O2. The molecule has 2 aliphatic heterocycles. The number of hydrogen-bond acceptors (Lipinski definition) is 3. The van der Waals surface area contributed by atoms with E-state index in [9.17, 15) is 4.79 Å². The third-order valence-corrected chi connectivity index (χ3v) is 5.34. The molecular weight excluding hydrogens is 324 g/mol. The number of hydrogen-bond donors (Lipinski definition) is 1. The minimum atomic E-state index is -0.707. The molecule has 0 radical (unpaired) electrons. The molecule has 1 atom stereocenters. The Hall–Kier alpha value is -2.46. The lowest BCUT2D eigenvalue weighted by atomic mass is 9.90. The second kappa shape index (κ2) is 4.54. The van der Waals surface area contributed by atoms with Gasteiger partial charge in [-0.15, -0.1) is 0 Å². The molecule has 1 N–H and O–H groups in total. The highest BCUT2D eigenvalue weighted by Gasteiger charge is 2.48. The van der Waals surface area contributed by atoms with E-state index in [0.717, 1.165) is 28.8 Å². The Bertz CT molecular complexity index is 1010. The predicted molar refractivity (Wildman–Crippen MR) is 93.4 cm³/mol. The largest absolute Gasteiger partial charge is 0.456 e. The van der Waals surface area contributed by atoms with Crippen molar-refractivity contribution in [1.29, 1.82) is 0 Å². The highest BCUT2D eigenvalue weighted by molar-refractivity contribution is 6.31. The summed E-state index contributed by atoms with van der Waals surface area (Å²) >= 11 is 6.12. The topological polar surface area (TPSA) is 45.5 Å². The molecule has 1 unspecified atom stereocenters. The van der Waals surface area contributed by atoms with E-state index in [0.29, 0.717) is 17.1 Å². The second-order valence-corrected chi connectivity index (χ2v) is 6.94. The molecule has 0 fully saturated rings. The number of fused-ring (bicyclic) bond motifs is 6. The lowest BCUT2D eigenvalue weighted by Gasteiger charge is -2.47. The van der Waals surface area contributed by atoms with Crippen LogP contribution in [0.1, 0.15) is 28.6 Å². The monoisotopic (exact) mass is 338 g/mol. The highest BCUT2D eigenvalue weighted by Crippen LogP contribution is 2.45. The lowest BCUT2D eigenvalue weighted by Crippen LogP contribution is -2.58. The van der Waals surface area contributed by atoms with Crippen LogP contribution in [0, 0.1) is 0 Å². The van der Waals surface area contributed by atoms with Gasteiger partial charge < -0.3 is 14.6 Å². The van der Waals surface area contributed by atoms with Crippen LogP contribution in [0.4, 0.5) is 5.69 Å². The fraction of sp³-hybridized carbons (Fsp3) is 0.211. The fourth-order valence-corrected chi connectivity index (χ4v) is 4.12. The van der Waals surface area contributed by atoms with Crippen LogP contribution in [-0.4, -0.2) is 17.4 Å². The third-order valence-electron chi connectivity index (χ3n) is 5.10. The predicted octanol–water partition coefficient (Wildman–Crippen LogP) is 4.38. The zero-order chi connectivity index (χ0) is 16.5. The SMILES string of the molecule is CC12Nc3cc(Cl)ccc3C(=O)N1CCc1c2oc2ccccc12. The van der Waals surface area contributed by atoms with Crippen LogP contribution in [0.15, 0.2) is 46.9 Å². The number of furan rings is 1. The molecule has 0 spiro atoms. The van der Waals surface area contributed by atoms with E-state index >= 15 is 0 Å². The van der Waals surface area contributed by atoms with Gasteiger partial charge in [0.15, 0.2) is 11.4 Å². The van der Waals surface area contributed by atoms with Gasteiger partial charge >= 0.3 is 0 Å². The van der Waals surface area contributed by atoms with Crippen molar-refractivity contribution in [3.63, 3.8) is 0 Å². The van der Waals surface area contributed by atoms with Gasteiger partial charge in [0.05, 0.1) is 11.3 Å². The highest BCUT2D eigenvalue weighted by atomic mass is 35.5. The van der Waals surface area contributed by atoms with Crippen molar-refractivity contribution >= 4 is 34.2 Å². The summed E-state index contributed by atoms with van der Waals surface area (Å²) < 4.78 is 6.17. The average molecular weight is 339 g/mol. The number of para-hydroxylation sites is 1. The Morgan fingerprint density at radius 1 is 1.25 bits per heavy atom. The number of rotatable bonds is 0. The van der Waals surface area contributed by atoms with Crippen LogP contribution in [0.5, 0.6) is 0 Å². The molecule has 5 heteroatoms. The van der Waals surface area contributed by atoms with Crippen molar-refractivity contribution in [2.75, 3.05) is 11.9 Å². The van der Waals surface area contributed by atoms with Crippen LogP contribution in [0.2, 0.25) is 5.02 Å². The summed E-state index contributed by atoms with van der Waals surface area (Å²) in [4.78, 5) is 14.8. The van der Waals surface area contributed by atoms with Crippen molar-refractivity contribution in [3.05, 3.63) is 64.4 Å². The number of halogens is 1. The summed E-state index contributed by atoms with van der Waals surface area (Å²) in [7, 11) is 0. The third kappa shape index (κ3) is 1.66. The summed E-state index contributed by atoms with van der Waals surface area (Å²) in [5, 5.41) is 5.22. The normalized spacial score (nSPS) is 21.9. The molecule has 2 aliphatic rings. The Labute approximate surface area is 144 Å². The van der Waals surface area contributed by atoms with E-state index in [2.05, 4.69) is 11.4 Å². The van der Waals surface area contributed by atoms with Crippen molar-refractivity contribution in [2.45, 2.75) is 19.0 Å². The molecule has 2 aromatic carbocycles. The number of anilines is 1. The molecule has 3 heterocycles. The van der Waals surface area contributed by atoms with Gasteiger partial charge in [-0.3, -0.25) is 4.79 Å². The van der Waals surface area contributed by atoms with Gasteiger partial charge in [0, 0.05) is 22.5 Å². The molecule has 0 aliphatic carbocycles. The quantitative estimate of drug-likeness (QED) is 0.661. The van der Waals surface area contributed by atoms with Gasteiger partial charge in [0.25, 0.3) is 5.91 Å². The van der Waals surface area contributed by atoms with Gasteiger partial charge in [0.1, 0.15) is 5.58 Å². The molecule has 5 rings (SSSR count). The van der Waals surface area contributed by atoms with E-state index in [1.807, 2.05) is 30.0 Å². The van der Waals surface area contributed by atoms with Crippen molar-refractivity contribution < 1.29 is 9.21 Å². The molecule has 120 valence electrons. The maximum absolute atomic E-state index is 13.0. The summed E-state index contributed by atoms with van der Waals surface area (Å²) in [6.07, 6.45) is 0.790. The van der Waals surface area contributed by atoms with Gasteiger partial charge in [-0.25, -0.2) is 0 Å². The first-order chi connectivity index (χ1) is 11.6. The minimum Gasteiger partial charge on any atom is -0.456 e. The molecule has 1 amide bonds. The van der Waals surface area contributed by atoms with E-state index in [1.54, 1.807) is 18.2 Å². The molecule has 4 nitrogen and oxygen atoms in total. The van der Waals surface area contributed by atoms with Crippen molar-refractivity contribution in [1.82, 2.24) is 4.90 Å². The summed E-state index contributed by atoms with van der Waals surface area (Å²) in [6, 6.07) is 13.4. The van der Waals surface area contributed by atoms with Crippen LogP contribution in [0.3, 0.4) is 0 Å². The number of nitrogens with one attached hydrogen (secondary N) is 1. The van der Waals surface area contributed by atoms with E-state index in [1.165, 1.54) is 5.56 Å². The summed E-state index contributed by atoms with van der Waals surface area (Å²) in [5.74, 6) is 0.822. The van der Waals surface area contributed by atoms with Gasteiger partial charge in [-0.05, 0) is 37.6 Å². The Balaban J connectivity index is 1.75. The number of carbonyl (C=O) groups excluding carboxylic acids is 1. The number of benzene rings is 2. The Kier molecular flexibility index (Phi) is 2.64. The number of nitrogens with zero attached hydrogens (tertiary/aromatic N) is 1. The maximum atomic E-state index is 13.0. The first-order valence-corrected chi connectivity index (χ1v) is 8.36. The smallest absolute Gasteiger partial charge is 0.258 e. The van der Waals surface area contributed by atoms with Crippen molar-refractivity contribution in [3.8, 4) is 0 Å². The van der Waals surface area contributed by atoms with Gasteiger partial charge in [-0.1, -0.05) is 29.8 Å². The van der Waals surface area contributed by atoms with E-state index in [-0.39, 0.29) is 5.91 Å². The average Bonchev–Trinajstić information content (AvgIpc) is 2.94. The molecule has 3 aromatic rings. The molecule has 0 saturated carbocycles. The Morgan fingerprint density at radius 3 is 2.96 bits per heavy atom. The van der Waals surface area contributed by atoms with Gasteiger partial charge in [-0.2, -0.15) is 0 Å². The zero-order valence-corrected chi connectivity index (χ0v) is 13.9. The number of carbonyl (C=O) groups is 1. The van der Waals surface area contributed by atoms with Crippen LogP contribution in [-0.2, 0) is 12.1 Å². The fourth-order valence-electron chi connectivity index (χ4n) is 3.95. The maximum Gasteiger partial charge on any atom is 0.258 e. The first kappa shape index (κ1) is 13.9. The zero-order valence-electron chi connectivity index (χ0n) is 13.1. The molecule has 0 saturated heterocycles. The Morgan fingerprint density at radius 2 is 2.08 bits per heavy atom. The lowest BCUT2D eigenvalue weighted by molar-refractivity contribution is 0.0453. The molecule has 1 aromatic heterocycles. The summed E-state index contributed by atoms with van der Waals surface area (Å²) in [6.45, 7) is 2.65. The first-order valence-electron chi connectivity index (χ1n) is 7.98. The standard InChI is InChI=1S/C19H15ClN2O2/c1-19-17-13(12-4-2-3-5-16(12)24-17)8-9-22(19)18(23)14-7-6-11(20)10-15(14)21-19/h2-7,10,21H,8-9H2,1H3. The van der Waals surface area contributed by atoms with E-state index < -0.39 is 5.66 Å². The van der Waals surface area contributed by atoms with Crippen molar-refractivity contribution in [2.24, 2.45) is 0 Å². The second-order valence-electron chi connectivity index (χ2n) is 6.50. The van der Waals surface area contributed by atoms with Crippen LogP contribution in [0.25, 0.3) is 11.0 Å². The molecule has 0 bridgehead atoms. The van der Waals surface area contributed by atoms with Crippen LogP contribution < -0.4 is 5.32 Å².